The molecule has 1 amide bonds. The summed E-state index contributed by atoms with van der Waals surface area (Å²) in [4.78, 5) is 11.8. The molecule has 110 valence electrons. The Kier molecular flexibility index (Phi) is 4.91. The van der Waals surface area contributed by atoms with E-state index < -0.39 is 11.6 Å². The maximum absolute atomic E-state index is 13.4. The summed E-state index contributed by atoms with van der Waals surface area (Å²) in [5.74, 6) is -1.81. The van der Waals surface area contributed by atoms with Gasteiger partial charge in [-0.2, -0.15) is 0 Å². The molecule has 0 aliphatic heterocycles. The normalized spacial score (nSPS) is 10.5. The molecule has 0 saturated heterocycles. The van der Waals surface area contributed by atoms with Crippen molar-refractivity contribution in [2.45, 2.75) is 19.8 Å². The fourth-order valence-electron chi connectivity index (χ4n) is 1.85. The molecule has 0 atom stereocenters. The SMILES string of the molecule is Cc1ccc(CCC(=O)Nc2ccc(F)cc2F)cc1Cl. The van der Waals surface area contributed by atoms with Crippen LogP contribution in [0.3, 0.4) is 0 Å². The van der Waals surface area contributed by atoms with Gasteiger partial charge in [0.05, 0.1) is 5.69 Å². The van der Waals surface area contributed by atoms with Crippen LogP contribution in [-0.2, 0) is 11.2 Å². The van der Waals surface area contributed by atoms with E-state index in [1.165, 1.54) is 6.07 Å². The number of hydrogen-bond acceptors (Lipinski definition) is 1. The highest BCUT2D eigenvalue weighted by Crippen LogP contribution is 2.18. The summed E-state index contributed by atoms with van der Waals surface area (Å²) in [5.41, 5.74) is 1.88. The molecule has 0 aromatic heterocycles. The number of nitrogens with one attached hydrogen (secondary N) is 1. The van der Waals surface area contributed by atoms with Gasteiger partial charge in [0.15, 0.2) is 0 Å². The van der Waals surface area contributed by atoms with Crippen LogP contribution in [0.1, 0.15) is 17.5 Å². The first-order valence-corrected chi connectivity index (χ1v) is 6.83. The van der Waals surface area contributed by atoms with E-state index >= 15 is 0 Å². The van der Waals surface area contributed by atoms with Crippen LogP contribution in [0.4, 0.5) is 14.5 Å². The molecule has 0 saturated carbocycles. The van der Waals surface area contributed by atoms with Gasteiger partial charge in [-0.15, -0.1) is 0 Å². The van der Waals surface area contributed by atoms with Crippen LogP contribution in [0.2, 0.25) is 5.02 Å². The Morgan fingerprint density at radius 3 is 2.62 bits per heavy atom. The Balaban J connectivity index is 1.94. The van der Waals surface area contributed by atoms with Crippen LogP contribution < -0.4 is 5.32 Å². The van der Waals surface area contributed by atoms with Crippen LogP contribution in [-0.4, -0.2) is 5.91 Å². The first-order chi connectivity index (χ1) is 9.95. The molecular formula is C16H14ClF2NO. The maximum atomic E-state index is 13.4. The number of halogens is 3. The predicted molar refractivity (Wildman–Crippen MR) is 79.5 cm³/mol. The average Bonchev–Trinajstić information content (AvgIpc) is 2.43. The molecule has 0 radical (unpaired) electrons. The highest BCUT2D eigenvalue weighted by atomic mass is 35.5. The summed E-state index contributed by atoms with van der Waals surface area (Å²) >= 11 is 6.01. The van der Waals surface area contributed by atoms with Crippen LogP contribution in [0.15, 0.2) is 36.4 Å². The average molecular weight is 310 g/mol. The molecule has 2 aromatic rings. The Hall–Kier alpha value is -1.94. The van der Waals surface area contributed by atoms with E-state index in [4.69, 9.17) is 11.6 Å². The van der Waals surface area contributed by atoms with E-state index in [-0.39, 0.29) is 18.0 Å². The third-order valence-corrected chi connectivity index (χ3v) is 3.49. The van der Waals surface area contributed by atoms with Gasteiger partial charge in [-0.05, 0) is 42.7 Å². The molecule has 0 fully saturated rings. The summed E-state index contributed by atoms with van der Waals surface area (Å²) in [5, 5.41) is 3.07. The van der Waals surface area contributed by atoms with Gasteiger partial charge in [0.25, 0.3) is 0 Å². The number of carbonyl (C=O) groups is 1. The topological polar surface area (TPSA) is 29.1 Å². The van der Waals surface area contributed by atoms with Crippen LogP contribution >= 0.6 is 11.6 Å². The third kappa shape index (κ3) is 4.26. The number of carbonyl (C=O) groups excluding carboxylic acids is 1. The van der Waals surface area contributed by atoms with Crippen molar-refractivity contribution in [2.75, 3.05) is 5.32 Å². The standard InChI is InChI=1S/C16H14ClF2NO/c1-10-2-3-11(8-13(10)17)4-7-16(21)20-15-6-5-12(18)9-14(15)19/h2-3,5-6,8-9H,4,7H2,1H3,(H,20,21). The van der Waals surface area contributed by atoms with E-state index in [9.17, 15) is 13.6 Å². The zero-order valence-corrected chi connectivity index (χ0v) is 12.2. The minimum atomic E-state index is -0.790. The van der Waals surface area contributed by atoms with Crippen LogP contribution in [0.5, 0.6) is 0 Å². The molecule has 0 bridgehead atoms. The fourth-order valence-corrected chi connectivity index (χ4v) is 2.06. The molecule has 2 rings (SSSR count). The number of aryl methyl sites for hydroxylation is 2. The minimum absolute atomic E-state index is 0.0247. The fraction of sp³-hybridized carbons (Fsp3) is 0.188. The number of rotatable bonds is 4. The number of anilines is 1. The van der Waals surface area contributed by atoms with E-state index in [0.29, 0.717) is 11.4 Å². The second-order valence-electron chi connectivity index (χ2n) is 4.76. The Morgan fingerprint density at radius 1 is 1.19 bits per heavy atom. The van der Waals surface area contributed by atoms with Crippen molar-refractivity contribution in [3.63, 3.8) is 0 Å². The van der Waals surface area contributed by atoms with Gasteiger partial charge in [-0.3, -0.25) is 4.79 Å². The maximum Gasteiger partial charge on any atom is 0.224 e. The van der Waals surface area contributed by atoms with Gasteiger partial charge in [0.1, 0.15) is 11.6 Å². The minimum Gasteiger partial charge on any atom is -0.324 e. The molecular weight excluding hydrogens is 296 g/mol. The van der Waals surface area contributed by atoms with Crippen LogP contribution in [0.25, 0.3) is 0 Å². The summed E-state index contributed by atoms with van der Waals surface area (Å²) in [6.07, 6.45) is 0.685. The summed E-state index contributed by atoms with van der Waals surface area (Å²) in [6.45, 7) is 1.90. The van der Waals surface area contributed by atoms with Crippen molar-refractivity contribution in [1.82, 2.24) is 0 Å². The van der Waals surface area contributed by atoms with E-state index in [1.807, 2.05) is 25.1 Å². The smallest absolute Gasteiger partial charge is 0.224 e. The van der Waals surface area contributed by atoms with Crippen molar-refractivity contribution in [3.05, 3.63) is 64.2 Å². The van der Waals surface area contributed by atoms with Crippen molar-refractivity contribution >= 4 is 23.2 Å². The first-order valence-electron chi connectivity index (χ1n) is 6.45. The second kappa shape index (κ2) is 6.68. The molecule has 0 unspecified atom stereocenters. The van der Waals surface area contributed by atoms with E-state index in [2.05, 4.69) is 5.32 Å². The molecule has 0 aliphatic carbocycles. The lowest BCUT2D eigenvalue weighted by molar-refractivity contribution is -0.116. The van der Waals surface area contributed by atoms with E-state index in [0.717, 1.165) is 23.3 Å². The summed E-state index contributed by atoms with van der Waals surface area (Å²) < 4.78 is 26.2. The Morgan fingerprint density at radius 2 is 1.95 bits per heavy atom. The quantitative estimate of drug-likeness (QED) is 0.885. The Bertz CT molecular complexity index is 673. The van der Waals surface area contributed by atoms with Gasteiger partial charge >= 0.3 is 0 Å². The highest BCUT2D eigenvalue weighted by Gasteiger charge is 2.08. The highest BCUT2D eigenvalue weighted by molar-refractivity contribution is 6.31. The molecule has 2 aromatic carbocycles. The molecule has 21 heavy (non-hydrogen) atoms. The largest absolute Gasteiger partial charge is 0.324 e. The molecule has 1 N–H and O–H groups in total. The van der Waals surface area contributed by atoms with E-state index in [1.54, 1.807) is 0 Å². The summed E-state index contributed by atoms with van der Waals surface area (Å²) in [7, 11) is 0. The lowest BCUT2D eigenvalue weighted by atomic mass is 10.1. The second-order valence-corrected chi connectivity index (χ2v) is 5.16. The third-order valence-electron chi connectivity index (χ3n) is 3.08. The number of hydrogen-bond donors (Lipinski definition) is 1. The first kappa shape index (κ1) is 15.4. The van der Waals surface area contributed by atoms with Gasteiger partial charge in [-0.25, -0.2) is 8.78 Å². The van der Waals surface area contributed by atoms with Crippen LogP contribution in [0, 0.1) is 18.6 Å². The van der Waals surface area contributed by atoms with Crippen molar-refractivity contribution in [2.24, 2.45) is 0 Å². The van der Waals surface area contributed by atoms with Crippen molar-refractivity contribution in [1.29, 1.82) is 0 Å². The summed E-state index contributed by atoms with van der Waals surface area (Å²) in [6, 6.07) is 8.62. The van der Waals surface area contributed by atoms with Gasteiger partial charge < -0.3 is 5.32 Å². The lowest BCUT2D eigenvalue weighted by Crippen LogP contribution is -2.13. The van der Waals surface area contributed by atoms with Gasteiger partial charge in [0, 0.05) is 17.5 Å². The number of benzene rings is 2. The molecule has 2 nitrogen and oxygen atoms in total. The molecule has 5 heteroatoms. The molecule has 0 spiro atoms. The zero-order valence-electron chi connectivity index (χ0n) is 11.4. The van der Waals surface area contributed by atoms with Crippen molar-refractivity contribution < 1.29 is 13.6 Å². The molecule has 0 heterocycles. The van der Waals surface area contributed by atoms with Crippen molar-refractivity contribution in [3.8, 4) is 0 Å². The molecule has 0 aliphatic rings. The lowest BCUT2D eigenvalue weighted by Gasteiger charge is -2.07. The zero-order chi connectivity index (χ0) is 15.4. The number of amides is 1. The monoisotopic (exact) mass is 309 g/mol. The van der Waals surface area contributed by atoms with Gasteiger partial charge in [0.2, 0.25) is 5.91 Å². The predicted octanol–water partition coefficient (Wildman–Crippen LogP) is 4.50. The Labute approximate surface area is 126 Å². The van der Waals surface area contributed by atoms with Gasteiger partial charge in [-0.1, -0.05) is 23.7 Å².